The second-order valence-electron chi connectivity index (χ2n) is 13.0. The second kappa shape index (κ2) is 19.6. The molecule has 62 heavy (non-hydrogen) atoms. The number of carbonyl (C=O) groups is 2. The summed E-state index contributed by atoms with van der Waals surface area (Å²) >= 11 is 6.07. The number of benzene rings is 4. The number of sulfonamides is 2. The van der Waals surface area contributed by atoms with Gasteiger partial charge in [0, 0.05) is 35.1 Å². The van der Waals surface area contributed by atoms with Gasteiger partial charge in [-0.15, -0.1) is 0 Å². The predicted octanol–water partition coefficient (Wildman–Crippen LogP) is 6.54. The maximum Gasteiger partial charge on any atom is 0.264 e. The van der Waals surface area contributed by atoms with Crippen molar-refractivity contribution in [3.63, 3.8) is 0 Å². The van der Waals surface area contributed by atoms with Crippen molar-refractivity contribution in [3.8, 4) is 23.0 Å². The molecule has 0 aliphatic carbocycles. The first-order chi connectivity index (χ1) is 29.7. The number of halogens is 2. The van der Waals surface area contributed by atoms with Crippen molar-refractivity contribution in [2.75, 3.05) is 53.7 Å². The van der Waals surface area contributed by atoms with Gasteiger partial charge in [0.05, 0.1) is 66.3 Å². The molecule has 0 saturated carbocycles. The van der Waals surface area contributed by atoms with Gasteiger partial charge < -0.3 is 29.6 Å². The van der Waals surface area contributed by atoms with Gasteiger partial charge in [-0.25, -0.2) is 21.2 Å². The average Bonchev–Trinajstić information content (AvgIpc) is 3.27. The summed E-state index contributed by atoms with van der Waals surface area (Å²) < 4.78 is 95.9. The number of hydrogen-bond donors (Lipinski definition) is 2. The topological polar surface area (TPSA) is 196 Å². The molecule has 0 atom stereocenters. The highest BCUT2D eigenvalue weighted by molar-refractivity contribution is 7.93. The molecule has 4 aromatic carbocycles. The van der Waals surface area contributed by atoms with E-state index in [1.165, 1.54) is 101 Å². The van der Waals surface area contributed by atoms with Crippen molar-refractivity contribution < 1.29 is 49.8 Å². The highest BCUT2D eigenvalue weighted by Gasteiger charge is 2.33. The summed E-state index contributed by atoms with van der Waals surface area (Å²) in [6, 6.07) is 23.0. The number of amides is 2. The lowest BCUT2D eigenvalue weighted by atomic mass is 10.1. The lowest BCUT2D eigenvalue weighted by Gasteiger charge is -2.27. The van der Waals surface area contributed by atoms with E-state index in [9.17, 15) is 30.8 Å². The Balaban J connectivity index is 1.39. The van der Waals surface area contributed by atoms with E-state index in [4.69, 9.17) is 30.5 Å². The Hall–Kier alpha value is -6.96. The molecule has 0 aliphatic rings. The van der Waals surface area contributed by atoms with Crippen molar-refractivity contribution in [2.24, 2.45) is 0 Å². The van der Waals surface area contributed by atoms with Crippen molar-refractivity contribution >= 4 is 66.2 Å². The molecule has 0 bridgehead atoms. The zero-order valence-electron chi connectivity index (χ0n) is 33.2. The van der Waals surface area contributed by atoms with Gasteiger partial charge in [-0.05, 0) is 91.0 Å². The van der Waals surface area contributed by atoms with E-state index in [1.807, 2.05) is 0 Å². The maximum atomic E-state index is 14.3. The monoisotopic (exact) mass is 904 g/mol. The number of hydrogen-bond acceptors (Lipinski definition) is 12. The number of rotatable bonds is 18. The largest absolute Gasteiger partial charge is 0.497 e. The molecule has 0 saturated heterocycles. The van der Waals surface area contributed by atoms with Gasteiger partial charge >= 0.3 is 0 Å². The van der Waals surface area contributed by atoms with Crippen LogP contribution in [0.4, 0.5) is 27.1 Å². The molecule has 2 heterocycles. The van der Waals surface area contributed by atoms with Gasteiger partial charge in [0.1, 0.15) is 48.5 Å². The van der Waals surface area contributed by atoms with E-state index < -0.39 is 50.8 Å². The van der Waals surface area contributed by atoms with Crippen LogP contribution in [-0.2, 0) is 36.2 Å². The van der Waals surface area contributed by atoms with Crippen LogP contribution in [0.1, 0.15) is 5.56 Å². The molecule has 322 valence electrons. The van der Waals surface area contributed by atoms with E-state index in [0.717, 1.165) is 32.9 Å². The molecule has 2 amide bonds. The van der Waals surface area contributed by atoms with Gasteiger partial charge in [-0.3, -0.25) is 28.2 Å². The van der Waals surface area contributed by atoms with Gasteiger partial charge in [0.15, 0.2) is 0 Å². The predicted molar refractivity (Wildman–Crippen MR) is 230 cm³/mol. The third-order valence-corrected chi connectivity index (χ3v) is 12.7. The Morgan fingerprint density at radius 3 is 1.69 bits per heavy atom. The van der Waals surface area contributed by atoms with Gasteiger partial charge in [-0.1, -0.05) is 11.6 Å². The third kappa shape index (κ3) is 10.5. The Morgan fingerprint density at radius 2 is 1.19 bits per heavy atom. The Bertz CT molecular complexity index is 2760. The number of methoxy groups -OCH3 is 3. The van der Waals surface area contributed by atoms with Crippen LogP contribution >= 0.6 is 11.6 Å². The van der Waals surface area contributed by atoms with E-state index in [0.29, 0.717) is 11.4 Å². The Morgan fingerprint density at radius 1 is 0.661 bits per heavy atom. The van der Waals surface area contributed by atoms with Crippen LogP contribution in [0.3, 0.4) is 0 Å². The summed E-state index contributed by atoms with van der Waals surface area (Å²) in [5.41, 5.74) is 0.654. The first kappa shape index (κ1) is 44.6. The van der Waals surface area contributed by atoms with Gasteiger partial charge in [0.2, 0.25) is 11.8 Å². The fourth-order valence-corrected chi connectivity index (χ4v) is 8.97. The first-order valence-corrected chi connectivity index (χ1v) is 21.5. The molecule has 2 N–H and O–H groups in total. The minimum Gasteiger partial charge on any atom is -0.497 e. The number of nitrogens with zero attached hydrogens (tertiary/aromatic N) is 4. The minimum atomic E-state index is -4.60. The summed E-state index contributed by atoms with van der Waals surface area (Å²) in [4.78, 5) is 34.3. The number of aromatic nitrogens is 2. The fraction of sp³-hybridized carbons (Fsp3) is 0.143. The summed E-state index contributed by atoms with van der Waals surface area (Å²) in [5, 5.41) is 5.55. The maximum absolute atomic E-state index is 14.3. The lowest BCUT2D eigenvalue weighted by Crippen LogP contribution is -2.38. The van der Waals surface area contributed by atoms with Crippen LogP contribution in [0.5, 0.6) is 23.0 Å². The fourth-order valence-electron chi connectivity index (χ4n) is 6.01. The quantitative estimate of drug-likeness (QED) is 0.0947. The summed E-state index contributed by atoms with van der Waals surface area (Å²) in [7, 11) is -5.11. The Labute approximate surface area is 361 Å². The van der Waals surface area contributed by atoms with Crippen LogP contribution in [0.15, 0.2) is 138 Å². The Kier molecular flexibility index (Phi) is 14.1. The van der Waals surface area contributed by atoms with Crippen molar-refractivity contribution in [1.29, 1.82) is 0 Å². The van der Waals surface area contributed by atoms with Crippen LogP contribution in [0.2, 0.25) is 5.02 Å². The normalized spacial score (nSPS) is 11.2. The first-order valence-electron chi connectivity index (χ1n) is 18.3. The van der Waals surface area contributed by atoms with Crippen LogP contribution in [0, 0.1) is 5.82 Å². The lowest BCUT2D eigenvalue weighted by molar-refractivity contribution is -0.115. The molecule has 20 heteroatoms. The molecule has 6 aromatic rings. The molecule has 0 fully saturated rings. The molecule has 0 spiro atoms. The molecule has 6 rings (SSSR count). The standard InChI is InChI=1S/C42H38ClFN6O10S2/c1-57-34-20-28(42(59-3)38(22-34)50(26-41(52)48-32-7-5-19-46-24-32)62(55,56)36-15-10-30(44)11-16-36)27-60-33-12-17-39(58-2)37(21-33)49(25-40(51)47-31-6-4-18-45-23-31)61(53,54)35-13-8-29(43)9-14-35/h4-24H,25-27H2,1-3H3,(H,47,51)(H,48,52). The van der Waals surface area contributed by atoms with E-state index in [-0.39, 0.29) is 61.4 Å². The summed E-state index contributed by atoms with van der Waals surface area (Å²) in [5.74, 6) is -1.88. The minimum absolute atomic E-state index is 0.0431. The van der Waals surface area contributed by atoms with E-state index in [1.54, 1.807) is 24.3 Å². The molecule has 0 unspecified atom stereocenters. The molecule has 0 aliphatic heterocycles. The van der Waals surface area contributed by atoms with Crippen LogP contribution in [0.25, 0.3) is 0 Å². The molecule has 16 nitrogen and oxygen atoms in total. The van der Waals surface area contributed by atoms with Gasteiger partial charge in [-0.2, -0.15) is 0 Å². The number of nitrogens with one attached hydrogen (secondary N) is 2. The van der Waals surface area contributed by atoms with Crippen LogP contribution < -0.4 is 38.2 Å². The SMILES string of the molecule is COc1cc(COc2ccc(OC)c(N(CC(=O)Nc3cccnc3)S(=O)(=O)c3ccc(Cl)cc3)c2)c(OC)c(N(CC(=O)Nc2cccnc2)S(=O)(=O)c2ccc(F)cc2)c1. The number of pyridine rings is 2. The van der Waals surface area contributed by atoms with E-state index >= 15 is 0 Å². The molecule has 2 aromatic heterocycles. The summed E-state index contributed by atoms with van der Waals surface area (Å²) in [6.45, 7) is -1.82. The molecular formula is C42H38ClFN6O10S2. The molecule has 0 radical (unpaired) electrons. The number of ether oxygens (including phenoxy) is 4. The van der Waals surface area contributed by atoms with E-state index in [2.05, 4.69) is 20.6 Å². The smallest absolute Gasteiger partial charge is 0.264 e. The van der Waals surface area contributed by atoms with Crippen molar-refractivity contribution in [1.82, 2.24) is 9.97 Å². The second-order valence-corrected chi connectivity index (χ2v) is 17.1. The average molecular weight is 905 g/mol. The molecular weight excluding hydrogens is 867 g/mol. The zero-order chi connectivity index (χ0) is 44.4. The van der Waals surface area contributed by atoms with Crippen molar-refractivity contribution in [2.45, 2.75) is 16.4 Å². The third-order valence-electron chi connectivity index (χ3n) is 8.91. The number of anilines is 4. The summed E-state index contributed by atoms with van der Waals surface area (Å²) in [6.07, 6.45) is 5.80. The van der Waals surface area contributed by atoms with Crippen molar-refractivity contribution in [3.05, 3.63) is 144 Å². The highest BCUT2D eigenvalue weighted by atomic mass is 35.5. The van der Waals surface area contributed by atoms with Gasteiger partial charge in [0.25, 0.3) is 20.0 Å². The highest BCUT2D eigenvalue weighted by Crippen LogP contribution is 2.41. The van der Waals surface area contributed by atoms with Crippen LogP contribution in [-0.4, -0.2) is 73.0 Å². The number of carbonyl (C=O) groups excluding carboxylic acids is 2. The zero-order valence-corrected chi connectivity index (χ0v) is 35.6.